The molecule has 0 saturated carbocycles. The first-order valence-corrected chi connectivity index (χ1v) is 5.46. The van der Waals surface area contributed by atoms with Crippen molar-refractivity contribution in [2.24, 2.45) is 5.92 Å². The number of hydrogen-bond acceptors (Lipinski definition) is 5. The molecule has 0 aromatic carbocycles. The van der Waals surface area contributed by atoms with Crippen LogP contribution in [0.15, 0.2) is 0 Å². The van der Waals surface area contributed by atoms with Crippen LogP contribution in [-0.2, 0) is 4.74 Å². The number of ether oxygens (including phenoxy) is 1. The Bertz CT molecular complexity index is 275. The molecule has 4 nitrogen and oxygen atoms in total. The van der Waals surface area contributed by atoms with Crippen molar-refractivity contribution in [1.29, 1.82) is 0 Å². The van der Waals surface area contributed by atoms with Crippen LogP contribution in [0.5, 0.6) is 0 Å². The zero-order valence-electron chi connectivity index (χ0n) is 9.07. The maximum Gasteiger partial charge on any atom is 0.202 e. The van der Waals surface area contributed by atoms with Gasteiger partial charge in [-0.3, -0.25) is 0 Å². The second-order valence-electron chi connectivity index (χ2n) is 3.60. The highest BCUT2D eigenvalue weighted by Crippen LogP contribution is 2.15. The Morgan fingerprint density at radius 3 is 2.64 bits per heavy atom. The van der Waals surface area contributed by atoms with Crippen molar-refractivity contribution < 1.29 is 4.74 Å². The van der Waals surface area contributed by atoms with Crippen LogP contribution in [0.4, 0.5) is 5.13 Å². The van der Waals surface area contributed by atoms with E-state index in [1.807, 2.05) is 6.92 Å². The summed E-state index contributed by atoms with van der Waals surface area (Å²) < 4.78 is 9.25. The van der Waals surface area contributed by atoms with Crippen molar-refractivity contribution in [3.63, 3.8) is 0 Å². The number of aromatic nitrogens is 2. The van der Waals surface area contributed by atoms with Crippen LogP contribution in [0.2, 0.25) is 0 Å². The van der Waals surface area contributed by atoms with Crippen LogP contribution in [0.25, 0.3) is 0 Å². The number of methoxy groups -OCH3 is 1. The van der Waals surface area contributed by atoms with Crippen LogP contribution in [0.1, 0.15) is 19.7 Å². The van der Waals surface area contributed by atoms with Crippen LogP contribution < -0.4 is 5.32 Å². The van der Waals surface area contributed by atoms with E-state index in [0.717, 1.165) is 11.0 Å². The SMILES string of the molecule is COCC(Nc1nc(C)ns1)C(C)C. The highest BCUT2D eigenvalue weighted by atomic mass is 32.1. The predicted molar refractivity (Wildman–Crippen MR) is 58.8 cm³/mol. The van der Waals surface area contributed by atoms with E-state index in [2.05, 4.69) is 28.5 Å². The molecule has 0 aliphatic heterocycles. The van der Waals surface area contributed by atoms with Gasteiger partial charge >= 0.3 is 0 Å². The van der Waals surface area contributed by atoms with Crippen LogP contribution in [0.3, 0.4) is 0 Å². The maximum absolute atomic E-state index is 5.14. The number of rotatable bonds is 5. The molecule has 0 saturated heterocycles. The molecule has 0 aliphatic carbocycles. The number of hydrogen-bond donors (Lipinski definition) is 1. The highest BCUT2D eigenvalue weighted by molar-refractivity contribution is 7.09. The summed E-state index contributed by atoms with van der Waals surface area (Å²) in [6, 6.07) is 0.298. The third-order valence-electron chi connectivity index (χ3n) is 1.99. The second kappa shape index (κ2) is 5.26. The van der Waals surface area contributed by atoms with Gasteiger partial charge in [-0.05, 0) is 12.8 Å². The maximum atomic E-state index is 5.14. The van der Waals surface area contributed by atoms with Gasteiger partial charge < -0.3 is 10.1 Å². The Kier molecular flexibility index (Phi) is 4.28. The Hall–Kier alpha value is -0.680. The molecule has 1 aromatic heterocycles. The average molecular weight is 215 g/mol. The zero-order chi connectivity index (χ0) is 10.6. The van der Waals surface area contributed by atoms with Crippen molar-refractivity contribution in [1.82, 2.24) is 9.36 Å². The molecule has 0 spiro atoms. The van der Waals surface area contributed by atoms with Crippen molar-refractivity contribution in [3.8, 4) is 0 Å². The first-order chi connectivity index (χ1) is 6.63. The van der Waals surface area contributed by atoms with E-state index >= 15 is 0 Å². The Labute approximate surface area is 88.9 Å². The molecule has 1 N–H and O–H groups in total. The summed E-state index contributed by atoms with van der Waals surface area (Å²) in [4.78, 5) is 4.26. The summed E-state index contributed by atoms with van der Waals surface area (Å²) in [7, 11) is 1.71. The van der Waals surface area contributed by atoms with Crippen LogP contribution in [0, 0.1) is 12.8 Å². The predicted octanol–water partition coefficient (Wildman–Crippen LogP) is 1.93. The van der Waals surface area contributed by atoms with Gasteiger partial charge in [-0.1, -0.05) is 13.8 Å². The van der Waals surface area contributed by atoms with E-state index in [-0.39, 0.29) is 0 Å². The third-order valence-corrected chi connectivity index (χ3v) is 2.72. The fourth-order valence-electron chi connectivity index (χ4n) is 1.09. The Balaban J connectivity index is 2.55. The van der Waals surface area contributed by atoms with Crippen molar-refractivity contribution in [2.75, 3.05) is 19.0 Å². The van der Waals surface area contributed by atoms with Gasteiger partial charge in [-0.25, -0.2) is 4.98 Å². The molecule has 1 aromatic rings. The number of nitrogens with one attached hydrogen (secondary N) is 1. The molecular weight excluding hydrogens is 198 g/mol. The molecular formula is C9H17N3OS. The number of nitrogens with zero attached hydrogens (tertiary/aromatic N) is 2. The van der Waals surface area contributed by atoms with E-state index in [1.54, 1.807) is 7.11 Å². The van der Waals surface area contributed by atoms with E-state index < -0.39 is 0 Å². The van der Waals surface area contributed by atoms with Gasteiger partial charge in [0.2, 0.25) is 5.13 Å². The summed E-state index contributed by atoms with van der Waals surface area (Å²) in [5, 5.41) is 4.19. The smallest absolute Gasteiger partial charge is 0.202 e. The molecule has 1 unspecified atom stereocenters. The molecule has 5 heteroatoms. The fraction of sp³-hybridized carbons (Fsp3) is 0.778. The highest BCUT2D eigenvalue weighted by Gasteiger charge is 2.14. The van der Waals surface area contributed by atoms with Gasteiger partial charge in [0.25, 0.3) is 0 Å². The van der Waals surface area contributed by atoms with Gasteiger partial charge in [-0.2, -0.15) is 4.37 Å². The van der Waals surface area contributed by atoms with Crippen molar-refractivity contribution >= 4 is 16.7 Å². The molecule has 0 radical (unpaired) electrons. The van der Waals surface area contributed by atoms with Gasteiger partial charge in [0, 0.05) is 18.6 Å². The summed E-state index contributed by atoms with van der Waals surface area (Å²) in [5.41, 5.74) is 0. The largest absolute Gasteiger partial charge is 0.383 e. The summed E-state index contributed by atoms with van der Waals surface area (Å²) in [6.45, 7) is 6.90. The van der Waals surface area contributed by atoms with E-state index in [1.165, 1.54) is 11.5 Å². The molecule has 0 amide bonds. The average Bonchev–Trinajstić information content (AvgIpc) is 2.50. The van der Waals surface area contributed by atoms with Crippen LogP contribution >= 0.6 is 11.5 Å². The van der Waals surface area contributed by atoms with Crippen LogP contribution in [-0.4, -0.2) is 29.1 Å². The quantitative estimate of drug-likeness (QED) is 0.815. The first kappa shape index (κ1) is 11.4. The Morgan fingerprint density at radius 1 is 1.50 bits per heavy atom. The number of aryl methyl sites for hydroxylation is 1. The molecule has 1 heterocycles. The normalized spacial score (nSPS) is 13.2. The zero-order valence-corrected chi connectivity index (χ0v) is 9.89. The number of anilines is 1. The molecule has 0 bridgehead atoms. The monoisotopic (exact) mass is 215 g/mol. The molecule has 14 heavy (non-hydrogen) atoms. The second-order valence-corrected chi connectivity index (χ2v) is 4.35. The lowest BCUT2D eigenvalue weighted by atomic mass is 10.1. The van der Waals surface area contributed by atoms with E-state index in [9.17, 15) is 0 Å². The minimum Gasteiger partial charge on any atom is -0.383 e. The van der Waals surface area contributed by atoms with Crippen molar-refractivity contribution in [2.45, 2.75) is 26.8 Å². The van der Waals surface area contributed by atoms with Gasteiger partial charge in [-0.15, -0.1) is 0 Å². The summed E-state index contributed by atoms with van der Waals surface area (Å²) >= 11 is 1.39. The van der Waals surface area contributed by atoms with E-state index in [4.69, 9.17) is 4.74 Å². The third kappa shape index (κ3) is 3.23. The van der Waals surface area contributed by atoms with Gasteiger partial charge in [0.15, 0.2) is 0 Å². The molecule has 1 rings (SSSR count). The van der Waals surface area contributed by atoms with Gasteiger partial charge in [0.05, 0.1) is 12.6 Å². The van der Waals surface area contributed by atoms with Gasteiger partial charge in [0.1, 0.15) is 5.82 Å². The summed E-state index contributed by atoms with van der Waals surface area (Å²) in [6.07, 6.45) is 0. The summed E-state index contributed by atoms with van der Waals surface area (Å²) in [5.74, 6) is 1.33. The first-order valence-electron chi connectivity index (χ1n) is 4.69. The fourth-order valence-corrected chi connectivity index (χ4v) is 1.73. The molecule has 80 valence electrons. The Morgan fingerprint density at radius 2 is 2.21 bits per heavy atom. The lowest BCUT2D eigenvalue weighted by Crippen LogP contribution is -2.30. The standard InChI is InChI=1S/C9H17N3OS/c1-6(2)8(5-13-4)11-9-10-7(3)12-14-9/h6,8H,5H2,1-4H3,(H,10,11,12). The molecule has 0 fully saturated rings. The lowest BCUT2D eigenvalue weighted by molar-refractivity contribution is 0.171. The lowest BCUT2D eigenvalue weighted by Gasteiger charge is -2.20. The van der Waals surface area contributed by atoms with E-state index in [0.29, 0.717) is 18.6 Å². The topological polar surface area (TPSA) is 47.0 Å². The molecule has 1 atom stereocenters. The van der Waals surface area contributed by atoms with Crippen molar-refractivity contribution in [3.05, 3.63) is 5.82 Å². The minimum atomic E-state index is 0.298. The minimum absolute atomic E-state index is 0.298. The molecule has 0 aliphatic rings.